The molecule has 0 bridgehead atoms. The van der Waals surface area contributed by atoms with E-state index in [1.54, 1.807) is 0 Å². The van der Waals surface area contributed by atoms with Crippen molar-refractivity contribution in [2.45, 2.75) is 38.5 Å². The van der Waals surface area contributed by atoms with Gasteiger partial charge in [-0.05, 0) is 12.8 Å². The first kappa shape index (κ1) is 16.4. The van der Waals surface area contributed by atoms with Crippen LogP contribution in [-0.2, 0) is 19.7 Å². The lowest BCUT2D eigenvalue weighted by Crippen LogP contribution is -2.43. The summed E-state index contributed by atoms with van der Waals surface area (Å²) in [5.74, 6) is -0.394. The Balaban J connectivity index is 2.58. The number of nitrogens with zero attached hydrogens (tertiary/aromatic N) is 2. The molecule has 1 rings (SSSR count). The van der Waals surface area contributed by atoms with Crippen LogP contribution in [-0.4, -0.2) is 56.8 Å². The summed E-state index contributed by atoms with van der Waals surface area (Å²) in [5, 5.41) is 0. The molecule has 0 aromatic rings. The molecule has 1 fully saturated rings. The molecule has 1 aliphatic heterocycles. The molecule has 1 saturated heterocycles. The van der Waals surface area contributed by atoms with Crippen LogP contribution >= 0.6 is 0 Å². The third-order valence-corrected chi connectivity index (χ3v) is 5.38. The Hall–Kier alpha value is -0.660. The fourth-order valence-electron chi connectivity index (χ4n) is 2.11. The Morgan fingerprint density at radius 1 is 1.16 bits per heavy atom. The van der Waals surface area contributed by atoms with Gasteiger partial charge in [-0.2, -0.15) is 17.0 Å². The van der Waals surface area contributed by atoms with Crippen molar-refractivity contribution in [3.63, 3.8) is 0 Å². The average Bonchev–Trinajstić information content (AvgIpc) is 2.34. The Bertz CT molecular complexity index is 375. The first-order chi connectivity index (χ1) is 8.98. The molecule has 0 spiro atoms. The number of hydrogen-bond donors (Lipinski definition) is 0. The normalized spacial score (nSPS) is 18.9. The molecule has 1 aliphatic rings. The van der Waals surface area contributed by atoms with Crippen LogP contribution in [0.15, 0.2) is 0 Å². The van der Waals surface area contributed by atoms with Crippen LogP contribution in [0.2, 0.25) is 0 Å². The smallest absolute Gasteiger partial charge is 0.306 e. The van der Waals surface area contributed by atoms with Gasteiger partial charge in [0.15, 0.2) is 0 Å². The molecule has 0 aromatic carbocycles. The number of carbonyl (C=O) groups excluding carboxylic acids is 1. The molecule has 112 valence electrons. The molecule has 0 radical (unpaired) electrons. The highest BCUT2D eigenvalue weighted by Crippen LogP contribution is 2.15. The summed E-state index contributed by atoms with van der Waals surface area (Å²) in [7, 11) is -0.635. The zero-order valence-corrected chi connectivity index (χ0v) is 12.6. The second-order valence-corrected chi connectivity index (χ2v) is 6.86. The van der Waals surface area contributed by atoms with Crippen molar-refractivity contribution >= 4 is 16.2 Å². The van der Waals surface area contributed by atoms with Crippen LogP contribution in [0.1, 0.15) is 38.5 Å². The van der Waals surface area contributed by atoms with Crippen LogP contribution in [0, 0.1) is 0 Å². The summed E-state index contributed by atoms with van der Waals surface area (Å²) >= 11 is 0. The number of rotatable bonds is 5. The molecule has 1 heterocycles. The number of hydrogen-bond acceptors (Lipinski definition) is 4. The predicted octanol–water partition coefficient (Wildman–Crippen LogP) is 0.992. The Kier molecular flexibility index (Phi) is 6.74. The van der Waals surface area contributed by atoms with Gasteiger partial charge in [0.05, 0.1) is 13.5 Å². The number of methoxy groups -OCH3 is 1. The lowest BCUT2D eigenvalue weighted by atomic mass is 10.1. The van der Waals surface area contributed by atoms with Gasteiger partial charge in [-0.1, -0.05) is 19.3 Å². The quantitative estimate of drug-likeness (QED) is 0.709. The average molecular weight is 292 g/mol. The van der Waals surface area contributed by atoms with E-state index in [1.807, 2.05) is 0 Å². The van der Waals surface area contributed by atoms with Crippen LogP contribution < -0.4 is 0 Å². The van der Waals surface area contributed by atoms with E-state index < -0.39 is 16.2 Å². The van der Waals surface area contributed by atoms with Crippen molar-refractivity contribution in [3.8, 4) is 0 Å². The van der Waals surface area contributed by atoms with Gasteiger partial charge in [0.25, 0.3) is 10.2 Å². The number of ether oxygens (including phenoxy) is 1. The predicted molar refractivity (Wildman–Crippen MR) is 72.8 cm³/mol. The number of esters is 1. The van der Waals surface area contributed by atoms with E-state index in [1.165, 1.54) is 29.2 Å². The van der Waals surface area contributed by atoms with E-state index in [9.17, 15) is 13.2 Å². The van der Waals surface area contributed by atoms with Gasteiger partial charge in [-0.25, -0.2) is 0 Å². The summed E-state index contributed by atoms with van der Waals surface area (Å²) in [6, 6.07) is 0. The van der Waals surface area contributed by atoms with E-state index in [4.69, 9.17) is 0 Å². The summed E-state index contributed by atoms with van der Waals surface area (Å²) in [6.07, 6.45) is 5.25. The van der Waals surface area contributed by atoms with E-state index in [-0.39, 0.29) is 13.0 Å². The van der Waals surface area contributed by atoms with Gasteiger partial charge >= 0.3 is 5.97 Å². The van der Waals surface area contributed by atoms with Gasteiger partial charge in [0.2, 0.25) is 0 Å². The van der Waals surface area contributed by atoms with Gasteiger partial charge < -0.3 is 4.74 Å². The van der Waals surface area contributed by atoms with Gasteiger partial charge in [-0.3, -0.25) is 4.79 Å². The molecule has 0 unspecified atom stereocenters. The first-order valence-electron chi connectivity index (χ1n) is 6.76. The fraction of sp³-hybridized carbons (Fsp3) is 0.917. The molecule has 0 amide bonds. The highest BCUT2D eigenvalue weighted by atomic mass is 32.2. The van der Waals surface area contributed by atoms with E-state index >= 15 is 0 Å². The van der Waals surface area contributed by atoms with Crippen molar-refractivity contribution in [3.05, 3.63) is 0 Å². The molecule has 6 nitrogen and oxygen atoms in total. The SMILES string of the molecule is COC(=O)CCN(C)S(=O)(=O)N1CCCCCCC1. The zero-order chi connectivity index (χ0) is 14.3. The van der Waals surface area contributed by atoms with E-state index in [2.05, 4.69) is 4.74 Å². The molecule has 0 aliphatic carbocycles. The standard InChI is InChI=1S/C12H24N2O4S/c1-13(11-8-12(15)18-2)19(16,17)14-9-6-4-3-5-7-10-14/h3-11H2,1-2H3. The monoisotopic (exact) mass is 292 g/mol. The third-order valence-electron chi connectivity index (χ3n) is 3.39. The Labute approximate surface area is 115 Å². The van der Waals surface area contributed by atoms with Crippen LogP contribution in [0.5, 0.6) is 0 Å². The Morgan fingerprint density at radius 3 is 2.21 bits per heavy atom. The molecule has 0 aromatic heterocycles. The second-order valence-electron chi connectivity index (χ2n) is 4.82. The number of carbonyl (C=O) groups is 1. The van der Waals surface area contributed by atoms with Crippen molar-refractivity contribution < 1.29 is 17.9 Å². The maximum absolute atomic E-state index is 12.4. The summed E-state index contributed by atoms with van der Waals surface area (Å²) < 4.78 is 32.0. The van der Waals surface area contributed by atoms with Gasteiger partial charge in [-0.15, -0.1) is 0 Å². The molecule has 7 heteroatoms. The molecular formula is C12H24N2O4S. The minimum atomic E-state index is -3.45. The largest absolute Gasteiger partial charge is 0.469 e. The van der Waals surface area contributed by atoms with Crippen molar-refractivity contribution in [1.29, 1.82) is 0 Å². The first-order valence-corrected chi connectivity index (χ1v) is 8.16. The van der Waals surface area contributed by atoms with Crippen molar-refractivity contribution in [2.24, 2.45) is 0 Å². The zero-order valence-electron chi connectivity index (χ0n) is 11.8. The molecule has 0 atom stereocenters. The molecule has 0 saturated carbocycles. The molecular weight excluding hydrogens is 268 g/mol. The maximum Gasteiger partial charge on any atom is 0.306 e. The fourth-order valence-corrected chi connectivity index (χ4v) is 3.55. The maximum atomic E-state index is 12.4. The van der Waals surface area contributed by atoms with E-state index in [0.29, 0.717) is 13.1 Å². The molecule has 19 heavy (non-hydrogen) atoms. The lowest BCUT2D eigenvalue weighted by Gasteiger charge is -2.28. The van der Waals surface area contributed by atoms with Crippen molar-refractivity contribution in [2.75, 3.05) is 33.8 Å². The summed E-state index contributed by atoms with van der Waals surface area (Å²) in [5.41, 5.74) is 0. The summed E-state index contributed by atoms with van der Waals surface area (Å²) in [6.45, 7) is 1.31. The van der Waals surface area contributed by atoms with Crippen LogP contribution in [0.25, 0.3) is 0 Å². The highest BCUT2D eigenvalue weighted by molar-refractivity contribution is 7.86. The van der Waals surface area contributed by atoms with Crippen LogP contribution in [0.3, 0.4) is 0 Å². The van der Waals surface area contributed by atoms with Gasteiger partial charge in [0, 0.05) is 26.7 Å². The third kappa shape index (κ3) is 5.08. The topological polar surface area (TPSA) is 66.9 Å². The van der Waals surface area contributed by atoms with Gasteiger partial charge in [0.1, 0.15) is 0 Å². The van der Waals surface area contributed by atoms with E-state index in [0.717, 1.165) is 25.7 Å². The van der Waals surface area contributed by atoms with Crippen molar-refractivity contribution in [1.82, 2.24) is 8.61 Å². The minimum Gasteiger partial charge on any atom is -0.469 e. The minimum absolute atomic E-state index is 0.0834. The second kappa shape index (κ2) is 7.81. The molecule has 0 N–H and O–H groups in total. The van der Waals surface area contributed by atoms with Crippen LogP contribution in [0.4, 0.5) is 0 Å². The Morgan fingerprint density at radius 2 is 1.68 bits per heavy atom. The summed E-state index contributed by atoms with van der Waals surface area (Å²) in [4.78, 5) is 11.1. The lowest BCUT2D eigenvalue weighted by molar-refractivity contribution is -0.140. The highest BCUT2D eigenvalue weighted by Gasteiger charge is 2.27.